The molecule has 1 rings (SSSR count). The molecule has 4 heteroatoms. The molecule has 0 atom stereocenters. The maximum absolute atomic E-state index is 5.95. The van der Waals surface area contributed by atoms with Crippen LogP contribution in [0.1, 0.15) is 30.9 Å². The second kappa shape index (κ2) is 9.34. The third-order valence-corrected chi connectivity index (χ3v) is 3.33. The molecule has 0 fully saturated rings. The third-order valence-electron chi connectivity index (χ3n) is 2.87. The van der Waals surface area contributed by atoms with Crippen LogP contribution in [-0.2, 0) is 11.3 Å². The molecule has 0 aliphatic heterocycles. The van der Waals surface area contributed by atoms with Gasteiger partial charge in [-0.15, -0.1) is 0 Å². The van der Waals surface area contributed by atoms with Crippen molar-refractivity contribution in [2.45, 2.75) is 33.2 Å². The highest BCUT2D eigenvalue weighted by atomic mass is 79.9. The van der Waals surface area contributed by atoms with E-state index in [9.17, 15) is 0 Å². The Labute approximate surface area is 124 Å². The van der Waals surface area contributed by atoms with Crippen molar-refractivity contribution in [3.8, 4) is 5.75 Å². The number of hydrogen-bond acceptors (Lipinski definition) is 3. The number of benzene rings is 1. The van der Waals surface area contributed by atoms with Crippen molar-refractivity contribution in [3.05, 3.63) is 27.7 Å². The number of hydrogen-bond donors (Lipinski definition) is 1. The summed E-state index contributed by atoms with van der Waals surface area (Å²) < 4.78 is 12.1. The summed E-state index contributed by atoms with van der Waals surface area (Å²) >= 11 is 3.54. The standard InChI is InChI=1S/C15H24BrNO2/c1-4-17-11-13-10-14(16)9-12(2)15(13)19-8-6-5-7-18-3/h9-10,17H,4-8,11H2,1-3H3. The zero-order chi connectivity index (χ0) is 14.1. The first-order chi connectivity index (χ1) is 9.19. The molecule has 0 unspecified atom stereocenters. The van der Waals surface area contributed by atoms with Gasteiger partial charge in [-0.1, -0.05) is 22.9 Å². The minimum Gasteiger partial charge on any atom is -0.493 e. The van der Waals surface area contributed by atoms with Crippen molar-refractivity contribution in [2.24, 2.45) is 0 Å². The number of methoxy groups -OCH3 is 1. The van der Waals surface area contributed by atoms with Gasteiger partial charge in [-0.25, -0.2) is 0 Å². The summed E-state index contributed by atoms with van der Waals surface area (Å²) in [6, 6.07) is 4.22. The molecule has 1 aromatic carbocycles. The molecule has 0 amide bonds. The van der Waals surface area contributed by atoms with E-state index in [1.54, 1.807) is 7.11 Å². The smallest absolute Gasteiger partial charge is 0.126 e. The minimum atomic E-state index is 0.741. The molecule has 1 aromatic rings. The van der Waals surface area contributed by atoms with Crippen molar-refractivity contribution < 1.29 is 9.47 Å². The van der Waals surface area contributed by atoms with E-state index < -0.39 is 0 Å². The van der Waals surface area contributed by atoms with Gasteiger partial charge >= 0.3 is 0 Å². The number of rotatable bonds is 9. The maximum atomic E-state index is 5.95. The molecule has 0 saturated heterocycles. The summed E-state index contributed by atoms with van der Waals surface area (Å²) in [7, 11) is 1.73. The molecule has 108 valence electrons. The largest absolute Gasteiger partial charge is 0.493 e. The number of nitrogens with one attached hydrogen (secondary N) is 1. The molecular weight excluding hydrogens is 306 g/mol. The lowest BCUT2D eigenvalue weighted by Gasteiger charge is -2.15. The Kier molecular flexibility index (Phi) is 8.10. The van der Waals surface area contributed by atoms with E-state index in [4.69, 9.17) is 9.47 Å². The summed E-state index contributed by atoms with van der Waals surface area (Å²) in [6.45, 7) is 7.53. The Morgan fingerprint density at radius 2 is 1.95 bits per heavy atom. The van der Waals surface area contributed by atoms with E-state index in [1.807, 2.05) is 0 Å². The van der Waals surface area contributed by atoms with Gasteiger partial charge in [0.2, 0.25) is 0 Å². The number of halogens is 1. The first-order valence-corrected chi connectivity index (χ1v) is 7.59. The average molecular weight is 330 g/mol. The SMILES string of the molecule is CCNCc1cc(Br)cc(C)c1OCCCCOC. The highest BCUT2D eigenvalue weighted by molar-refractivity contribution is 9.10. The van der Waals surface area contributed by atoms with Gasteiger partial charge in [0.25, 0.3) is 0 Å². The van der Waals surface area contributed by atoms with E-state index >= 15 is 0 Å². The van der Waals surface area contributed by atoms with Crippen LogP contribution in [0.4, 0.5) is 0 Å². The van der Waals surface area contributed by atoms with E-state index in [-0.39, 0.29) is 0 Å². The molecule has 0 heterocycles. The molecule has 3 nitrogen and oxygen atoms in total. The molecule has 0 saturated carbocycles. The third kappa shape index (κ3) is 5.93. The van der Waals surface area contributed by atoms with Crippen molar-refractivity contribution >= 4 is 15.9 Å². The maximum Gasteiger partial charge on any atom is 0.126 e. The number of unbranched alkanes of at least 4 members (excludes halogenated alkanes) is 1. The normalized spacial score (nSPS) is 10.7. The van der Waals surface area contributed by atoms with Crippen LogP contribution in [-0.4, -0.2) is 26.9 Å². The predicted octanol–water partition coefficient (Wildman–Crippen LogP) is 3.67. The van der Waals surface area contributed by atoms with Gasteiger partial charge in [-0.2, -0.15) is 0 Å². The lowest BCUT2D eigenvalue weighted by molar-refractivity contribution is 0.184. The van der Waals surface area contributed by atoms with Gasteiger partial charge in [0, 0.05) is 30.3 Å². The zero-order valence-corrected chi connectivity index (χ0v) is 13.7. The topological polar surface area (TPSA) is 30.5 Å². The van der Waals surface area contributed by atoms with Crippen LogP contribution < -0.4 is 10.1 Å². The first kappa shape index (κ1) is 16.5. The Balaban J connectivity index is 2.63. The summed E-state index contributed by atoms with van der Waals surface area (Å²) in [5.41, 5.74) is 2.38. The predicted molar refractivity (Wildman–Crippen MR) is 82.9 cm³/mol. The Morgan fingerprint density at radius 1 is 1.21 bits per heavy atom. The highest BCUT2D eigenvalue weighted by Crippen LogP contribution is 2.28. The van der Waals surface area contributed by atoms with Gasteiger partial charge in [0.05, 0.1) is 6.61 Å². The lowest BCUT2D eigenvalue weighted by atomic mass is 10.1. The minimum absolute atomic E-state index is 0.741. The lowest BCUT2D eigenvalue weighted by Crippen LogP contribution is -2.14. The van der Waals surface area contributed by atoms with Crippen molar-refractivity contribution in [2.75, 3.05) is 26.9 Å². The van der Waals surface area contributed by atoms with Gasteiger partial charge in [0.1, 0.15) is 5.75 Å². The summed E-state index contributed by atoms with van der Waals surface area (Å²) in [4.78, 5) is 0. The van der Waals surface area contributed by atoms with Crippen LogP contribution in [0, 0.1) is 6.92 Å². The van der Waals surface area contributed by atoms with Gasteiger partial charge in [-0.05, 0) is 44.0 Å². The second-order valence-corrected chi connectivity index (χ2v) is 5.46. The number of aryl methyl sites for hydroxylation is 1. The van der Waals surface area contributed by atoms with Crippen LogP contribution in [0.3, 0.4) is 0 Å². The van der Waals surface area contributed by atoms with Crippen molar-refractivity contribution in [3.63, 3.8) is 0 Å². The van der Waals surface area contributed by atoms with E-state index in [2.05, 4.69) is 47.2 Å². The van der Waals surface area contributed by atoms with Crippen LogP contribution in [0.15, 0.2) is 16.6 Å². The molecule has 0 spiro atoms. The quantitative estimate of drug-likeness (QED) is 0.701. The molecule has 0 aliphatic carbocycles. The fraction of sp³-hybridized carbons (Fsp3) is 0.600. The van der Waals surface area contributed by atoms with Crippen LogP contribution >= 0.6 is 15.9 Å². The molecule has 0 aliphatic rings. The van der Waals surface area contributed by atoms with Crippen LogP contribution in [0.25, 0.3) is 0 Å². The Bertz CT molecular complexity index is 383. The Morgan fingerprint density at radius 3 is 2.63 bits per heavy atom. The fourth-order valence-corrected chi connectivity index (χ4v) is 2.54. The Hall–Kier alpha value is -0.580. The van der Waals surface area contributed by atoms with Gasteiger partial charge in [0.15, 0.2) is 0 Å². The highest BCUT2D eigenvalue weighted by Gasteiger charge is 2.08. The van der Waals surface area contributed by atoms with Gasteiger partial charge in [-0.3, -0.25) is 0 Å². The molecule has 0 bridgehead atoms. The van der Waals surface area contributed by atoms with Gasteiger partial charge < -0.3 is 14.8 Å². The molecule has 0 radical (unpaired) electrons. The zero-order valence-electron chi connectivity index (χ0n) is 12.1. The molecule has 1 N–H and O–H groups in total. The van der Waals surface area contributed by atoms with Crippen molar-refractivity contribution in [1.29, 1.82) is 0 Å². The second-order valence-electron chi connectivity index (χ2n) is 4.54. The fourth-order valence-electron chi connectivity index (χ4n) is 1.92. The summed E-state index contributed by atoms with van der Waals surface area (Å²) in [5, 5.41) is 3.35. The average Bonchev–Trinajstić information content (AvgIpc) is 2.38. The molecular formula is C15H24BrNO2. The molecule has 19 heavy (non-hydrogen) atoms. The van der Waals surface area contributed by atoms with Crippen LogP contribution in [0.5, 0.6) is 5.75 Å². The summed E-state index contributed by atoms with van der Waals surface area (Å²) in [6.07, 6.45) is 2.05. The molecule has 0 aromatic heterocycles. The monoisotopic (exact) mass is 329 g/mol. The number of ether oxygens (including phenoxy) is 2. The van der Waals surface area contributed by atoms with E-state index in [1.165, 1.54) is 11.1 Å². The summed E-state index contributed by atoms with van der Waals surface area (Å²) in [5.74, 6) is 1.02. The van der Waals surface area contributed by atoms with E-state index in [0.717, 1.165) is 49.4 Å². The van der Waals surface area contributed by atoms with Crippen LogP contribution in [0.2, 0.25) is 0 Å². The first-order valence-electron chi connectivity index (χ1n) is 6.80. The van der Waals surface area contributed by atoms with Crippen molar-refractivity contribution in [1.82, 2.24) is 5.32 Å². The van der Waals surface area contributed by atoms with E-state index in [0.29, 0.717) is 0 Å².